The van der Waals surface area contributed by atoms with Crippen LogP contribution < -0.4 is 10.6 Å². The predicted octanol–water partition coefficient (Wildman–Crippen LogP) is 2.12. The predicted molar refractivity (Wildman–Crippen MR) is 65.9 cm³/mol. The van der Waals surface area contributed by atoms with Crippen LogP contribution in [0.1, 0.15) is 17.3 Å². The van der Waals surface area contributed by atoms with Crippen molar-refractivity contribution < 1.29 is 14.3 Å². The number of nitrogen functional groups attached to an aromatic ring is 1. The summed E-state index contributed by atoms with van der Waals surface area (Å²) in [5.74, 6) is -1.96. The number of rotatable bonds is 5. The van der Waals surface area contributed by atoms with Gasteiger partial charge in [-0.2, -0.15) is 0 Å². The van der Waals surface area contributed by atoms with Crippen molar-refractivity contribution in [2.45, 2.75) is 6.92 Å². The summed E-state index contributed by atoms with van der Waals surface area (Å²) in [6.45, 7) is 6.52. The molecule has 0 aliphatic carbocycles. The van der Waals surface area contributed by atoms with Gasteiger partial charge < -0.3 is 15.7 Å². The number of carboxylic acids is 1. The molecule has 0 spiro atoms. The van der Waals surface area contributed by atoms with Gasteiger partial charge in [0.05, 0.1) is 11.4 Å². The lowest BCUT2D eigenvalue weighted by atomic mass is 10.1. The van der Waals surface area contributed by atoms with Gasteiger partial charge in [0.1, 0.15) is 11.4 Å². The molecule has 0 amide bonds. The maximum Gasteiger partial charge on any atom is 0.340 e. The molecular formula is C12H15FN2O2. The summed E-state index contributed by atoms with van der Waals surface area (Å²) in [7, 11) is 0. The Balaban J connectivity index is 3.36. The second kappa shape index (κ2) is 5.34. The van der Waals surface area contributed by atoms with E-state index in [4.69, 9.17) is 10.8 Å². The van der Waals surface area contributed by atoms with Gasteiger partial charge in [0.15, 0.2) is 0 Å². The molecular weight excluding hydrogens is 223 g/mol. The van der Waals surface area contributed by atoms with Crippen molar-refractivity contribution in [2.24, 2.45) is 0 Å². The van der Waals surface area contributed by atoms with E-state index in [0.29, 0.717) is 18.8 Å². The SMILES string of the molecule is C=CCN(CC)c1ccc(F)c(N)c1C(=O)O. The Kier molecular flexibility index (Phi) is 4.09. The Labute approximate surface area is 99.2 Å². The third-order valence-corrected chi connectivity index (χ3v) is 2.46. The summed E-state index contributed by atoms with van der Waals surface area (Å²) in [5.41, 5.74) is 5.33. The Hall–Kier alpha value is -2.04. The standard InChI is InChI=1S/C12H15FN2O2/c1-3-7-15(4-2)9-6-5-8(13)11(14)10(9)12(16)17/h3,5-6H,1,4,7,14H2,2H3,(H,16,17). The van der Waals surface area contributed by atoms with Gasteiger partial charge in [-0.15, -0.1) is 6.58 Å². The van der Waals surface area contributed by atoms with Gasteiger partial charge in [-0.1, -0.05) is 6.08 Å². The molecule has 1 rings (SSSR count). The number of aromatic carboxylic acids is 1. The van der Waals surface area contributed by atoms with E-state index in [1.54, 1.807) is 11.0 Å². The Bertz CT molecular complexity index is 446. The smallest absolute Gasteiger partial charge is 0.340 e. The quantitative estimate of drug-likeness (QED) is 0.609. The fourth-order valence-corrected chi connectivity index (χ4v) is 1.62. The lowest BCUT2D eigenvalue weighted by Gasteiger charge is -2.23. The van der Waals surface area contributed by atoms with Crippen LogP contribution in [0, 0.1) is 5.82 Å². The summed E-state index contributed by atoms with van der Waals surface area (Å²) >= 11 is 0. The van der Waals surface area contributed by atoms with E-state index >= 15 is 0 Å². The van der Waals surface area contributed by atoms with Crippen LogP contribution in [0.4, 0.5) is 15.8 Å². The normalized spacial score (nSPS) is 10.0. The molecule has 0 aliphatic heterocycles. The van der Waals surface area contributed by atoms with E-state index in [1.807, 2.05) is 6.92 Å². The molecule has 0 fully saturated rings. The minimum Gasteiger partial charge on any atom is -0.478 e. The summed E-state index contributed by atoms with van der Waals surface area (Å²) in [6.07, 6.45) is 1.65. The Morgan fingerprint density at radius 3 is 2.76 bits per heavy atom. The van der Waals surface area contributed by atoms with Crippen LogP contribution in [0.5, 0.6) is 0 Å². The second-order valence-electron chi connectivity index (χ2n) is 3.49. The molecule has 1 aromatic carbocycles. The molecule has 0 atom stereocenters. The maximum absolute atomic E-state index is 13.2. The molecule has 0 aromatic heterocycles. The number of carboxylic acid groups (broad SMARTS) is 1. The average molecular weight is 238 g/mol. The van der Waals surface area contributed by atoms with E-state index in [1.165, 1.54) is 12.1 Å². The highest BCUT2D eigenvalue weighted by atomic mass is 19.1. The van der Waals surface area contributed by atoms with E-state index in [9.17, 15) is 9.18 Å². The number of hydrogen-bond donors (Lipinski definition) is 2. The zero-order valence-corrected chi connectivity index (χ0v) is 9.61. The highest BCUT2D eigenvalue weighted by Gasteiger charge is 2.20. The van der Waals surface area contributed by atoms with Crippen LogP contribution in [-0.4, -0.2) is 24.2 Å². The third-order valence-electron chi connectivity index (χ3n) is 2.46. The van der Waals surface area contributed by atoms with Crippen LogP contribution in [0.15, 0.2) is 24.8 Å². The molecule has 0 saturated heterocycles. The van der Waals surface area contributed by atoms with Gasteiger partial charge in [0.25, 0.3) is 0 Å². The molecule has 4 nitrogen and oxygen atoms in total. The first-order valence-electron chi connectivity index (χ1n) is 5.20. The summed E-state index contributed by atoms with van der Waals surface area (Å²) in [6, 6.07) is 2.59. The molecule has 17 heavy (non-hydrogen) atoms. The number of nitrogens with two attached hydrogens (primary N) is 1. The van der Waals surface area contributed by atoms with E-state index in [0.717, 1.165) is 0 Å². The van der Waals surface area contributed by atoms with Gasteiger partial charge in [-0.05, 0) is 19.1 Å². The summed E-state index contributed by atoms with van der Waals surface area (Å²) < 4.78 is 13.2. The van der Waals surface area contributed by atoms with Gasteiger partial charge in [-0.25, -0.2) is 9.18 Å². The molecule has 0 saturated carbocycles. The van der Waals surface area contributed by atoms with Crippen molar-refractivity contribution >= 4 is 17.3 Å². The lowest BCUT2D eigenvalue weighted by Crippen LogP contribution is -2.25. The van der Waals surface area contributed by atoms with Gasteiger partial charge in [0.2, 0.25) is 0 Å². The molecule has 5 heteroatoms. The highest BCUT2D eigenvalue weighted by Crippen LogP contribution is 2.28. The summed E-state index contributed by atoms with van der Waals surface area (Å²) in [5, 5.41) is 9.08. The van der Waals surface area contributed by atoms with Crippen LogP contribution >= 0.6 is 0 Å². The second-order valence-corrected chi connectivity index (χ2v) is 3.49. The molecule has 0 bridgehead atoms. The Morgan fingerprint density at radius 2 is 2.29 bits per heavy atom. The van der Waals surface area contributed by atoms with Crippen molar-refractivity contribution in [1.29, 1.82) is 0 Å². The topological polar surface area (TPSA) is 66.6 Å². The fraction of sp³-hybridized carbons (Fsp3) is 0.250. The Morgan fingerprint density at radius 1 is 1.65 bits per heavy atom. The van der Waals surface area contributed by atoms with Gasteiger partial charge >= 0.3 is 5.97 Å². The van der Waals surface area contributed by atoms with E-state index in [-0.39, 0.29) is 11.3 Å². The number of benzene rings is 1. The zero-order valence-electron chi connectivity index (χ0n) is 9.61. The molecule has 0 unspecified atom stereocenters. The van der Waals surface area contributed by atoms with Crippen molar-refractivity contribution in [3.63, 3.8) is 0 Å². The van der Waals surface area contributed by atoms with Crippen LogP contribution in [0.3, 0.4) is 0 Å². The van der Waals surface area contributed by atoms with Crippen LogP contribution in [0.25, 0.3) is 0 Å². The first-order valence-corrected chi connectivity index (χ1v) is 5.20. The number of halogens is 1. The average Bonchev–Trinajstić information content (AvgIpc) is 2.29. The number of anilines is 2. The number of carbonyl (C=O) groups is 1. The van der Waals surface area contributed by atoms with Gasteiger partial charge in [-0.3, -0.25) is 0 Å². The van der Waals surface area contributed by atoms with Gasteiger partial charge in [0, 0.05) is 13.1 Å². The van der Waals surface area contributed by atoms with Crippen molar-refractivity contribution in [3.05, 3.63) is 36.2 Å². The third kappa shape index (κ3) is 2.55. The van der Waals surface area contributed by atoms with Crippen molar-refractivity contribution in [1.82, 2.24) is 0 Å². The molecule has 0 radical (unpaired) electrons. The van der Waals surface area contributed by atoms with Crippen LogP contribution in [-0.2, 0) is 0 Å². The first-order chi connectivity index (χ1) is 8.02. The molecule has 0 heterocycles. The largest absolute Gasteiger partial charge is 0.478 e. The van der Waals surface area contributed by atoms with Crippen molar-refractivity contribution in [2.75, 3.05) is 23.7 Å². The maximum atomic E-state index is 13.2. The van der Waals surface area contributed by atoms with E-state index < -0.39 is 11.8 Å². The fourth-order valence-electron chi connectivity index (χ4n) is 1.62. The zero-order chi connectivity index (χ0) is 13.0. The molecule has 3 N–H and O–H groups in total. The lowest BCUT2D eigenvalue weighted by molar-refractivity contribution is 0.0698. The highest BCUT2D eigenvalue weighted by molar-refractivity contribution is 6.00. The summed E-state index contributed by atoms with van der Waals surface area (Å²) in [4.78, 5) is 12.9. The minimum atomic E-state index is -1.24. The number of nitrogens with zero attached hydrogens (tertiary/aromatic N) is 1. The number of likely N-dealkylation sites (N-methyl/N-ethyl adjacent to an activating group) is 1. The van der Waals surface area contributed by atoms with E-state index in [2.05, 4.69) is 6.58 Å². The first kappa shape index (κ1) is 13.0. The van der Waals surface area contributed by atoms with Crippen molar-refractivity contribution in [3.8, 4) is 0 Å². The molecule has 1 aromatic rings. The molecule has 0 aliphatic rings. The minimum absolute atomic E-state index is 0.200. The number of hydrogen-bond acceptors (Lipinski definition) is 3. The van der Waals surface area contributed by atoms with Crippen LogP contribution in [0.2, 0.25) is 0 Å². The molecule has 92 valence electrons. The monoisotopic (exact) mass is 238 g/mol.